The van der Waals surface area contributed by atoms with Gasteiger partial charge in [0.05, 0.1) is 0 Å². The van der Waals surface area contributed by atoms with Gasteiger partial charge in [0.1, 0.15) is 13.2 Å². The van der Waals surface area contributed by atoms with Crippen LogP contribution in [0.5, 0.6) is 0 Å². The van der Waals surface area contributed by atoms with E-state index in [-0.39, 0.29) is 31.1 Å². The highest BCUT2D eigenvalue weighted by atomic mass is 16.6. The Morgan fingerprint density at radius 2 is 0.532 bits per heavy atom. The Labute approximate surface area is 385 Å². The summed E-state index contributed by atoms with van der Waals surface area (Å²) >= 11 is 0. The van der Waals surface area contributed by atoms with Gasteiger partial charge in [0, 0.05) is 19.3 Å². The molecule has 0 aliphatic carbocycles. The number of hydrogen-bond donors (Lipinski definition) is 0. The maximum atomic E-state index is 12.8. The van der Waals surface area contributed by atoms with Crippen LogP contribution >= 0.6 is 0 Å². The van der Waals surface area contributed by atoms with E-state index >= 15 is 0 Å². The molecule has 6 nitrogen and oxygen atoms in total. The molecule has 0 aromatic rings. The zero-order chi connectivity index (χ0) is 45.1. The van der Waals surface area contributed by atoms with Crippen molar-refractivity contribution >= 4 is 17.9 Å². The zero-order valence-corrected chi connectivity index (χ0v) is 41.7. The summed E-state index contributed by atoms with van der Waals surface area (Å²) in [5.74, 6) is -0.871. The fourth-order valence-electron chi connectivity index (χ4n) is 8.02. The SMILES string of the molecule is CCCCCCCC/C=C\CCCCCCCCCC(=O)OCC(COC(=O)CCCCCCCCCCCCC)OC(=O)CCCCCCC/C=C\CCCCCCCCC. The average Bonchev–Trinajstić information content (AvgIpc) is 3.27. The van der Waals surface area contributed by atoms with Gasteiger partial charge in [-0.05, 0) is 70.6 Å². The summed E-state index contributed by atoms with van der Waals surface area (Å²) in [7, 11) is 0. The molecule has 1 atom stereocenters. The molecule has 0 aliphatic heterocycles. The number of unbranched alkanes of at least 4 members (excludes halogenated alkanes) is 35. The Bertz CT molecular complexity index is 1000. The average molecular weight is 873 g/mol. The number of rotatable bonds is 50. The van der Waals surface area contributed by atoms with Gasteiger partial charge < -0.3 is 14.2 Å². The Morgan fingerprint density at radius 1 is 0.306 bits per heavy atom. The van der Waals surface area contributed by atoms with Gasteiger partial charge in [-0.15, -0.1) is 0 Å². The highest BCUT2D eigenvalue weighted by Crippen LogP contribution is 2.16. The lowest BCUT2D eigenvalue weighted by Gasteiger charge is -2.18. The fraction of sp³-hybridized carbons (Fsp3) is 0.875. The van der Waals surface area contributed by atoms with Crippen LogP contribution in [-0.2, 0) is 28.6 Å². The summed E-state index contributed by atoms with van der Waals surface area (Å²) in [6.45, 7) is 6.65. The Morgan fingerprint density at radius 3 is 0.806 bits per heavy atom. The fourth-order valence-corrected chi connectivity index (χ4v) is 8.02. The predicted molar refractivity (Wildman–Crippen MR) is 266 cm³/mol. The molecule has 0 N–H and O–H groups in total. The number of carbonyl (C=O) groups is 3. The number of allylic oxidation sites excluding steroid dienone is 4. The van der Waals surface area contributed by atoms with Crippen LogP contribution < -0.4 is 0 Å². The molecule has 0 bridgehead atoms. The summed E-state index contributed by atoms with van der Waals surface area (Å²) in [6, 6.07) is 0. The third-order valence-electron chi connectivity index (χ3n) is 12.2. The smallest absolute Gasteiger partial charge is 0.306 e. The largest absolute Gasteiger partial charge is 0.462 e. The van der Waals surface area contributed by atoms with Gasteiger partial charge in [-0.3, -0.25) is 14.4 Å². The molecule has 0 radical (unpaired) electrons. The molecule has 0 saturated heterocycles. The first kappa shape index (κ1) is 59.9. The second-order valence-corrected chi connectivity index (χ2v) is 18.5. The summed E-state index contributed by atoms with van der Waals surface area (Å²) in [4.78, 5) is 38.0. The van der Waals surface area contributed by atoms with Crippen LogP contribution in [0.15, 0.2) is 24.3 Å². The summed E-state index contributed by atoms with van der Waals surface area (Å²) in [5, 5.41) is 0. The van der Waals surface area contributed by atoms with Crippen molar-refractivity contribution in [3.05, 3.63) is 24.3 Å². The lowest BCUT2D eigenvalue weighted by Crippen LogP contribution is -2.30. The van der Waals surface area contributed by atoms with E-state index in [1.54, 1.807) is 0 Å². The van der Waals surface area contributed by atoms with Crippen LogP contribution in [-0.4, -0.2) is 37.2 Å². The van der Waals surface area contributed by atoms with Crippen LogP contribution in [0.2, 0.25) is 0 Å². The Kier molecular flexibility index (Phi) is 49.8. The molecular weight excluding hydrogens is 769 g/mol. The van der Waals surface area contributed by atoms with E-state index in [1.807, 2.05) is 0 Å². The second-order valence-electron chi connectivity index (χ2n) is 18.5. The van der Waals surface area contributed by atoms with Crippen LogP contribution in [0.4, 0.5) is 0 Å². The van der Waals surface area contributed by atoms with E-state index in [1.165, 1.54) is 193 Å². The first-order valence-electron chi connectivity index (χ1n) is 27.3. The minimum Gasteiger partial charge on any atom is -0.462 e. The van der Waals surface area contributed by atoms with Crippen molar-refractivity contribution in [3.8, 4) is 0 Å². The van der Waals surface area contributed by atoms with Crippen LogP contribution in [0.3, 0.4) is 0 Å². The molecule has 0 spiro atoms. The molecule has 0 amide bonds. The molecule has 1 unspecified atom stereocenters. The lowest BCUT2D eigenvalue weighted by molar-refractivity contribution is -0.167. The Hall–Kier alpha value is -2.11. The van der Waals surface area contributed by atoms with E-state index in [2.05, 4.69) is 45.1 Å². The normalized spacial score (nSPS) is 12.1. The van der Waals surface area contributed by atoms with Crippen molar-refractivity contribution in [1.29, 1.82) is 0 Å². The number of esters is 3. The molecule has 0 aromatic carbocycles. The summed E-state index contributed by atoms with van der Waals surface area (Å²) in [6.07, 6.45) is 58.7. The van der Waals surface area contributed by atoms with Crippen molar-refractivity contribution in [1.82, 2.24) is 0 Å². The van der Waals surface area contributed by atoms with Crippen molar-refractivity contribution in [3.63, 3.8) is 0 Å². The lowest BCUT2D eigenvalue weighted by atomic mass is 10.1. The van der Waals surface area contributed by atoms with E-state index in [0.717, 1.165) is 64.2 Å². The van der Waals surface area contributed by atoms with E-state index in [4.69, 9.17) is 14.2 Å². The van der Waals surface area contributed by atoms with Crippen molar-refractivity contribution in [2.75, 3.05) is 13.2 Å². The molecule has 0 fully saturated rings. The first-order valence-corrected chi connectivity index (χ1v) is 27.3. The molecule has 6 heteroatoms. The summed E-state index contributed by atoms with van der Waals surface area (Å²) in [5.41, 5.74) is 0. The maximum absolute atomic E-state index is 12.8. The number of hydrogen-bond acceptors (Lipinski definition) is 6. The van der Waals surface area contributed by atoms with Gasteiger partial charge in [0.15, 0.2) is 6.10 Å². The minimum absolute atomic E-state index is 0.0721. The molecule has 0 aromatic heterocycles. The minimum atomic E-state index is -0.772. The molecule has 0 aliphatic rings. The second kappa shape index (κ2) is 51.5. The van der Waals surface area contributed by atoms with Gasteiger partial charge in [-0.1, -0.05) is 231 Å². The van der Waals surface area contributed by atoms with Gasteiger partial charge in [0.25, 0.3) is 0 Å². The molecule has 364 valence electrons. The zero-order valence-electron chi connectivity index (χ0n) is 41.7. The highest BCUT2D eigenvalue weighted by molar-refractivity contribution is 5.71. The van der Waals surface area contributed by atoms with Crippen molar-refractivity contribution in [2.24, 2.45) is 0 Å². The standard InChI is InChI=1S/C56H104O6/c1-4-7-10-13-16-19-22-24-26-28-30-31-34-37-40-43-46-49-55(58)61-52-53(51-60-54(57)48-45-42-39-36-33-21-18-15-12-9-6-3)62-56(59)50-47-44-41-38-35-32-29-27-25-23-20-17-14-11-8-5-2/h24,26-27,29,53H,4-23,25,28,30-52H2,1-3H3/b26-24-,29-27-. The highest BCUT2D eigenvalue weighted by Gasteiger charge is 2.19. The number of ether oxygens (including phenoxy) is 3. The Balaban J connectivity index is 4.33. The van der Waals surface area contributed by atoms with Crippen LogP contribution in [0, 0.1) is 0 Å². The monoisotopic (exact) mass is 873 g/mol. The van der Waals surface area contributed by atoms with E-state index < -0.39 is 6.10 Å². The van der Waals surface area contributed by atoms with Gasteiger partial charge in [-0.2, -0.15) is 0 Å². The van der Waals surface area contributed by atoms with Crippen molar-refractivity contribution in [2.45, 2.75) is 303 Å². The summed E-state index contributed by atoms with van der Waals surface area (Å²) < 4.78 is 16.8. The third kappa shape index (κ3) is 48.9. The molecule has 62 heavy (non-hydrogen) atoms. The third-order valence-corrected chi connectivity index (χ3v) is 12.2. The molecule has 0 saturated carbocycles. The molecular formula is C56H104O6. The van der Waals surface area contributed by atoms with E-state index in [9.17, 15) is 14.4 Å². The molecule has 0 rings (SSSR count). The van der Waals surface area contributed by atoms with Crippen molar-refractivity contribution < 1.29 is 28.6 Å². The van der Waals surface area contributed by atoms with E-state index in [0.29, 0.717) is 19.3 Å². The number of carbonyl (C=O) groups excluding carboxylic acids is 3. The predicted octanol–water partition coefficient (Wildman–Crippen LogP) is 17.9. The van der Waals surface area contributed by atoms with Gasteiger partial charge in [-0.25, -0.2) is 0 Å². The first-order chi connectivity index (χ1) is 30.5. The van der Waals surface area contributed by atoms with Gasteiger partial charge >= 0.3 is 17.9 Å². The van der Waals surface area contributed by atoms with Gasteiger partial charge in [0.2, 0.25) is 0 Å². The van der Waals surface area contributed by atoms with Crippen LogP contribution in [0.25, 0.3) is 0 Å². The topological polar surface area (TPSA) is 78.9 Å². The molecule has 0 heterocycles. The van der Waals surface area contributed by atoms with Crippen LogP contribution in [0.1, 0.15) is 297 Å². The quantitative estimate of drug-likeness (QED) is 0.0262. The maximum Gasteiger partial charge on any atom is 0.306 e.